The van der Waals surface area contributed by atoms with Crippen LogP contribution in [0.25, 0.3) is 5.78 Å². The number of nitrogens with one attached hydrogen (secondary N) is 1. The number of nitrogens with two attached hydrogens (primary N) is 1. The maximum Gasteiger partial charge on any atom is 0.300 e. The van der Waals surface area contributed by atoms with Crippen LogP contribution in [-0.4, -0.2) is 56.5 Å². The molecule has 0 bridgehead atoms. The lowest BCUT2D eigenvalue weighted by Crippen LogP contribution is -2.15. The number of thioether (sulfide) groups is 1. The Morgan fingerprint density at radius 2 is 1.78 bits per heavy atom. The van der Waals surface area contributed by atoms with Crippen LogP contribution < -0.4 is 11.3 Å². The van der Waals surface area contributed by atoms with Gasteiger partial charge < -0.3 is 20.5 Å². The van der Waals surface area contributed by atoms with Crippen molar-refractivity contribution in [2.75, 3.05) is 0 Å². The quantitative estimate of drug-likeness (QED) is 0.375. The van der Waals surface area contributed by atoms with Crippen molar-refractivity contribution in [3.8, 4) is 0 Å². The summed E-state index contributed by atoms with van der Waals surface area (Å²) in [6.45, 7) is 9.36. The van der Waals surface area contributed by atoms with Crippen LogP contribution >= 0.6 is 11.8 Å². The fraction of sp³-hybridized carbons (Fsp3) is 0.500. The molecule has 0 saturated carbocycles. The SMILES string of the molecule is CC(=O)O.CC(=O)O.Cc1nc2nc(CSc3nnc(CN)n3CC(C)C)cc(=O)n2[nH]1. The van der Waals surface area contributed by atoms with Crippen molar-refractivity contribution in [2.45, 2.75) is 58.6 Å². The van der Waals surface area contributed by atoms with Gasteiger partial charge in [-0.2, -0.15) is 9.50 Å². The monoisotopic (exact) mass is 468 g/mol. The van der Waals surface area contributed by atoms with Gasteiger partial charge >= 0.3 is 0 Å². The van der Waals surface area contributed by atoms with Gasteiger partial charge in [-0.15, -0.1) is 10.2 Å². The molecule has 3 aromatic heterocycles. The number of fused-ring (bicyclic) bond motifs is 1. The molecule has 0 aliphatic rings. The van der Waals surface area contributed by atoms with Crippen LogP contribution in [0.1, 0.15) is 45.0 Å². The minimum Gasteiger partial charge on any atom is -0.481 e. The zero-order chi connectivity index (χ0) is 24.4. The minimum atomic E-state index is -0.833. The predicted molar refractivity (Wildman–Crippen MR) is 117 cm³/mol. The van der Waals surface area contributed by atoms with E-state index < -0.39 is 11.9 Å². The summed E-state index contributed by atoms with van der Waals surface area (Å²) in [5.41, 5.74) is 6.21. The van der Waals surface area contributed by atoms with E-state index in [9.17, 15) is 4.79 Å². The van der Waals surface area contributed by atoms with Crippen LogP contribution in [-0.2, 0) is 28.4 Å². The molecule has 5 N–H and O–H groups in total. The summed E-state index contributed by atoms with van der Waals surface area (Å²) in [7, 11) is 0. The number of nitrogens with zero attached hydrogens (tertiary/aromatic N) is 6. The van der Waals surface area contributed by atoms with Crippen LogP contribution in [0, 0.1) is 12.8 Å². The average molecular weight is 469 g/mol. The summed E-state index contributed by atoms with van der Waals surface area (Å²) in [5, 5.41) is 26.8. The number of aromatic amines is 1. The number of carboxylic acid groups (broad SMARTS) is 2. The normalized spacial score (nSPS) is 10.3. The molecule has 0 atom stereocenters. The Bertz CT molecular complexity index is 1080. The second-order valence-corrected chi connectivity index (χ2v) is 7.91. The Balaban J connectivity index is 0.000000554. The number of carboxylic acids is 2. The summed E-state index contributed by atoms with van der Waals surface area (Å²) < 4.78 is 3.36. The third-order valence-corrected chi connectivity index (χ3v) is 4.37. The summed E-state index contributed by atoms with van der Waals surface area (Å²) in [6, 6.07) is 1.50. The van der Waals surface area contributed by atoms with E-state index in [0.29, 0.717) is 35.5 Å². The number of carbonyl (C=O) groups is 2. The molecular formula is C18H28N8O5S. The summed E-state index contributed by atoms with van der Waals surface area (Å²) >= 11 is 1.49. The number of hydrogen-bond acceptors (Lipinski definition) is 9. The molecular weight excluding hydrogens is 440 g/mol. The van der Waals surface area contributed by atoms with Crippen molar-refractivity contribution in [1.82, 2.24) is 34.3 Å². The first-order valence-electron chi connectivity index (χ1n) is 9.53. The molecule has 13 nitrogen and oxygen atoms in total. The number of H-pyrrole nitrogens is 1. The predicted octanol–water partition coefficient (Wildman–Crippen LogP) is 0.906. The fourth-order valence-corrected chi connectivity index (χ4v) is 3.23. The molecule has 0 aliphatic heterocycles. The van der Waals surface area contributed by atoms with E-state index in [1.54, 1.807) is 6.92 Å². The van der Waals surface area contributed by atoms with Crippen molar-refractivity contribution in [3.05, 3.63) is 33.8 Å². The first kappa shape index (κ1) is 26.8. The molecule has 3 heterocycles. The maximum absolute atomic E-state index is 12.1. The first-order valence-corrected chi connectivity index (χ1v) is 10.5. The average Bonchev–Trinajstić information content (AvgIpc) is 3.21. The first-order chi connectivity index (χ1) is 14.9. The van der Waals surface area contributed by atoms with Gasteiger partial charge in [-0.1, -0.05) is 25.6 Å². The van der Waals surface area contributed by atoms with Crippen LogP contribution in [0.2, 0.25) is 0 Å². The highest BCUT2D eigenvalue weighted by molar-refractivity contribution is 7.98. The van der Waals surface area contributed by atoms with Gasteiger partial charge in [0.25, 0.3) is 23.3 Å². The molecule has 14 heteroatoms. The van der Waals surface area contributed by atoms with E-state index >= 15 is 0 Å². The van der Waals surface area contributed by atoms with Crippen LogP contribution in [0.4, 0.5) is 0 Å². The molecule has 0 unspecified atom stereocenters. The van der Waals surface area contributed by atoms with Gasteiger partial charge in [0.2, 0.25) is 0 Å². The molecule has 0 fully saturated rings. The van der Waals surface area contributed by atoms with Gasteiger partial charge in [-0.05, 0) is 12.8 Å². The van der Waals surface area contributed by atoms with E-state index in [1.165, 1.54) is 22.3 Å². The number of hydrogen-bond donors (Lipinski definition) is 4. The largest absolute Gasteiger partial charge is 0.481 e. The summed E-state index contributed by atoms with van der Waals surface area (Å²) in [4.78, 5) is 38.7. The molecule has 0 aromatic carbocycles. The van der Waals surface area contributed by atoms with Gasteiger partial charge in [0.1, 0.15) is 11.6 Å². The Morgan fingerprint density at radius 3 is 2.31 bits per heavy atom. The lowest BCUT2D eigenvalue weighted by atomic mass is 10.2. The van der Waals surface area contributed by atoms with Crippen LogP contribution in [0.5, 0.6) is 0 Å². The number of rotatable bonds is 6. The highest BCUT2D eigenvalue weighted by Gasteiger charge is 2.14. The van der Waals surface area contributed by atoms with Gasteiger partial charge in [0.15, 0.2) is 5.16 Å². The molecule has 3 aromatic rings. The molecule has 0 saturated heterocycles. The zero-order valence-corrected chi connectivity index (χ0v) is 19.4. The summed E-state index contributed by atoms with van der Waals surface area (Å²) in [5.74, 6) is 1.09. The van der Waals surface area contributed by atoms with E-state index in [-0.39, 0.29) is 5.56 Å². The van der Waals surface area contributed by atoms with Crippen molar-refractivity contribution in [2.24, 2.45) is 11.7 Å². The Morgan fingerprint density at radius 1 is 1.19 bits per heavy atom. The van der Waals surface area contributed by atoms with Crippen molar-refractivity contribution < 1.29 is 19.8 Å². The fourth-order valence-electron chi connectivity index (χ4n) is 2.37. The van der Waals surface area contributed by atoms with Crippen molar-refractivity contribution in [3.63, 3.8) is 0 Å². The van der Waals surface area contributed by atoms with E-state index in [4.69, 9.17) is 25.5 Å². The number of aryl methyl sites for hydroxylation is 1. The van der Waals surface area contributed by atoms with Gasteiger partial charge in [0.05, 0.1) is 12.2 Å². The topological polar surface area (TPSA) is 194 Å². The molecule has 0 spiro atoms. The van der Waals surface area contributed by atoms with E-state index in [2.05, 4.69) is 39.1 Å². The van der Waals surface area contributed by atoms with Crippen LogP contribution in [0.15, 0.2) is 16.0 Å². The molecule has 0 amide bonds. The van der Waals surface area contributed by atoms with Gasteiger partial charge in [0, 0.05) is 32.2 Å². The maximum atomic E-state index is 12.1. The number of aromatic nitrogens is 7. The second kappa shape index (κ2) is 12.6. The Labute approximate surface area is 188 Å². The minimum absolute atomic E-state index is 0.178. The zero-order valence-electron chi connectivity index (χ0n) is 18.6. The molecule has 176 valence electrons. The van der Waals surface area contributed by atoms with E-state index in [1.807, 2.05) is 4.57 Å². The summed E-state index contributed by atoms with van der Waals surface area (Å²) in [6.07, 6.45) is 0. The third kappa shape index (κ3) is 8.85. The number of aliphatic carboxylic acids is 2. The third-order valence-electron chi connectivity index (χ3n) is 3.37. The van der Waals surface area contributed by atoms with Crippen molar-refractivity contribution >= 4 is 29.5 Å². The van der Waals surface area contributed by atoms with Crippen molar-refractivity contribution in [1.29, 1.82) is 0 Å². The molecule has 0 aliphatic carbocycles. The van der Waals surface area contributed by atoms with Gasteiger partial charge in [-0.3, -0.25) is 19.5 Å². The smallest absolute Gasteiger partial charge is 0.300 e. The Kier molecular flexibility index (Phi) is 10.5. The molecule has 3 rings (SSSR count). The molecule has 0 radical (unpaired) electrons. The van der Waals surface area contributed by atoms with Gasteiger partial charge in [-0.25, -0.2) is 4.98 Å². The second-order valence-electron chi connectivity index (χ2n) is 6.96. The molecule has 32 heavy (non-hydrogen) atoms. The lowest BCUT2D eigenvalue weighted by molar-refractivity contribution is -0.135. The standard InChI is InChI=1S/C14H20N8OS.2C2H4O2/c1-8(2)6-21-11(5-15)18-19-14(21)24-7-10-4-12(23)22-13(17-10)16-9(3)20-22;2*1-2(3)4/h4,8H,5-7,15H2,1-3H3,(H,16,17,20);2*1H3,(H,3,4). The highest BCUT2D eigenvalue weighted by atomic mass is 32.2. The Hall–Kier alpha value is -3.26. The van der Waals surface area contributed by atoms with E-state index in [0.717, 1.165) is 31.4 Å². The lowest BCUT2D eigenvalue weighted by Gasteiger charge is -2.11. The highest BCUT2D eigenvalue weighted by Crippen LogP contribution is 2.22. The van der Waals surface area contributed by atoms with Crippen LogP contribution in [0.3, 0.4) is 0 Å².